The van der Waals surface area contributed by atoms with E-state index in [0.717, 1.165) is 12.5 Å². The molecule has 0 spiro atoms. The van der Waals surface area contributed by atoms with Crippen LogP contribution in [0.4, 0.5) is 0 Å². The average molecular weight is 200 g/mol. The van der Waals surface area contributed by atoms with Crippen molar-refractivity contribution in [1.29, 1.82) is 0 Å². The molecule has 0 saturated heterocycles. The van der Waals surface area contributed by atoms with Crippen molar-refractivity contribution in [2.24, 2.45) is 22.6 Å². The summed E-state index contributed by atoms with van der Waals surface area (Å²) in [5.74, 6) is 6.33. The smallest absolute Gasteiger partial charge is 0.213 e. The Balaban J connectivity index is 2.50. The Bertz CT molecular complexity index is 203. The van der Waals surface area contributed by atoms with Crippen molar-refractivity contribution in [3.63, 3.8) is 0 Å². The quantitative estimate of drug-likeness (QED) is 0.282. The summed E-state index contributed by atoms with van der Waals surface area (Å²) in [5.41, 5.74) is 5.72. The van der Waals surface area contributed by atoms with E-state index >= 15 is 0 Å². The summed E-state index contributed by atoms with van der Waals surface area (Å²) < 4.78 is 5.02. The first-order chi connectivity index (χ1) is 6.70. The first-order valence-corrected chi connectivity index (χ1v) is 4.99. The zero-order chi connectivity index (χ0) is 10.6. The molecular weight excluding hydrogens is 180 g/mol. The molecule has 1 aliphatic rings. The van der Waals surface area contributed by atoms with Gasteiger partial charge in [-0.1, -0.05) is 0 Å². The minimum absolute atomic E-state index is 0.404. The monoisotopic (exact) mass is 200 g/mol. The van der Waals surface area contributed by atoms with Crippen LogP contribution >= 0.6 is 0 Å². The highest BCUT2D eigenvalue weighted by Gasteiger charge is 2.32. The van der Waals surface area contributed by atoms with Crippen LogP contribution in [-0.4, -0.2) is 37.2 Å². The zero-order valence-electron chi connectivity index (χ0n) is 8.94. The van der Waals surface area contributed by atoms with Crippen LogP contribution < -0.4 is 11.6 Å². The number of rotatable bonds is 5. The summed E-state index contributed by atoms with van der Waals surface area (Å²) in [5, 5.41) is 3.54. The van der Waals surface area contributed by atoms with Gasteiger partial charge in [-0.3, -0.25) is 0 Å². The van der Waals surface area contributed by atoms with E-state index < -0.39 is 0 Å². The molecule has 4 N–H and O–H groups in total. The Kier molecular flexibility index (Phi) is 4.00. The van der Waals surface area contributed by atoms with Gasteiger partial charge < -0.3 is 21.2 Å². The number of nitrogens with zero attached hydrogens (tertiary/aromatic N) is 2. The third-order valence-corrected chi connectivity index (χ3v) is 2.76. The number of nitrogens with two attached hydrogens (primary N) is 2. The van der Waals surface area contributed by atoms with E-state index in [2.05, 4.69) is 12.0 Å². The maximum Gasteiger partial charge on any atom is 0.213 e. The summed E-state index contributed by atoms with van der Waals surface area (Å²) in [6.45, 7) is 3.55. The van der Waals surface area contributed by atoms with Crippen molar-refractivity contribution in [2.45, 2.75) is 25.8 Å². The van der Waals surface area contributed by atoms with Crippen LogP contribution in [0.1, 0.15) is 19.8 Å². The van der Waals surface area contributed by atoms with Gasteiger partial charge in [0.05, 0.1) is 6.61 Å². The van der Waals surface area contributed by atoms with Gasteiger partial charge >= 0.3 is 0 Å². The minimum Gasteiger partial charge on any atom is -0.383 e. The predicted molar refractivity (Wildman–Crippen MR) is 56.6 cm³/mol. The minimum atomic E-state index is 0.404. The van der Waals surface area contributed by atoms with Crippen LogP contribution in [0.2, 0.25) is 0 Å². The lowest BCUT2D eigenvalue weighted by atomic mass is 10.2. The lowest BCUT2D eigenvalue weighted by molar-refractivity contribution is 0.158. The summed E-state index contributed by atoms with van der Waals surface area (Å²) in [7, 11) is 1.68. The van der Waals surface area contributed by atoms with E-state index in [-0.39, 0.29) is 0 Å². The maximum atomic E-state index is 5.72. The predicted octanol–water partition coefficient (Wildman–Crippen LogP) is -0.0783. The van der Waals surface area contributed by atoms with Gasteiger partial charge in [0.1, 0.15) is 0 Å². The van der Waals surface area contributed by atoms with Crippen LogP contribution in [0.15, 0.2) is 5.10 Å². The molecule has 14 heavy (non-hydrogen) atoms. The van der Waals surface area contributed by atoms with Crippen molar-refractivity contribution in [2.75, 3.05) is 20.3 Å². The zero-order valence-corrected chi connectivity index (χ0v) is 8.94. The average Bonchev–Trinajstić information content (AvgIpc) is 3.00. The third kappa shape index (κ3) is 2.77. The van der Waals surface area contributed by atoms with E-state index in [1.54, 1.807) is 7.11 Å². The molecule has 0 amide bonds. The van der Waals surface area contributed by atoms with Crippen LogP contribution in [0.25, 0.3) is 0 Å². The van der Waals surface area contributed by atoms with E-state index in [1.165, 1.54) is 12.8 Å². The van der Waals surface area contributed by atoms with E-state index in [9.17, 15) is 0 Å². The van der Waals surface area contributed by atoms with Gasteiger partial charge in [-0.15, -0.1) is 5.10 Å². The Morgan fingerprint density at radius 2 is 2.29 bits per heavy atom. The van der Waals surface area contributed by atoms with Crippen LogP contribution in [0.3, 0.4) is 0 Å². The number of hydrazone groups is 1. The van der Waals surface area contributed by atoms with Crippen LogP contribution in [-0.2, 0) is 4.74 Å². The molecule has 1 fully saturated rings. The van der Waals surface area contributed by atoms with Gasteiger partial charge in [-0.05, 0) is 25.7 Å². The second-order valence-electron chi connectivity index (χ2n) is 3.75. The van der Waals surface area contributed by atoms with Gasteiger partial charge in [0.15, 0.2) is 0 Å². The number of methoxy groups -OCH3 is 1. The second-order valence-corrected chi connectivity index (χ2v) is 3.75. The molecule has 0 aromatic rings. The number of hydrogen-bond donors (Lipinski definition) is 2. The van der Waals surface area contributed by atoms with Crippen molar-refractivity contribution in [3.05, 3.63) is 0 Å². The highest BCUT2D eigenvalue weighted by Crippen LogP contribution is 2.34. The Morgan fingerprint density at radius 1 is 1.64 bits per heavy atom. The Labute approximate surface area is 85.1 Å². The first kappa shape index (κ1) is 11.1. The van der Waals surface area contributed by atoms with Crippen molar-refractivity contribution in [3.8, 4) is 0 Å². The molecule has 1 unspecified atom stereocenters. The van der Waals surface area contributed by atoms with Gasteiger partial charge in [-0.25, -0.2) is 0 Å². The lowest BCUT2D eigenvalue weighted by Gasteiger charge is -2.29. The molecular formula is C9H20N4O. The first-order valence-electron chi connectivity index (χ1n) is 4.99. The summed E-state index contributed by atoms with van der Waals surface area (Å²) in [4.78, 5) is 2.02. The lowest BCUT2D eigenvalue weighted by Crippen LogP contribution is -2.46. The molecule has 5 heteroatoms. The second kappa shape index (κ2) is 5.05. The number of guanidine groups is 1. The molecule has 5 nitrogen and oxygen atoms in total. The van der Waals surface area contributed by atoms with Crippen molar-refractivity contribution in [1.82, 2.24) is 4.90 Å². The summed E-state index contributed by atoms with van der Waals surface area (Å²) >= 11 is 0. The fraction of sp³-hybridized carbons (Fsp3) is 0.889. The van der Waals surface area contributed by atoms with Gasteiger partial charge in [0, 0.05) is 19.7 Å². The standard InChI is InChI=1S/C9H20N4O/c1-7(8-3-4-8)13(5-6-14-2)9(10)12-11/h7-8H,3-6,11H2,1-2H3,(H2,10,12). The topological polar surface area (TPSA) is 76.9 Å². The van der Waals surface area contributed by atoms with E-state index in [4.69, 9.17) is 16.3 Å². The van der Waals surface area contributed by atoms with Crippen LogP contribution in [0, 0.1) is 5.92 Å². The molecule has 0 radical (unpaired) electrons. The number of ether oxygens (including phenoxy) is 1. The Morgan fingerprint density at radius 3 is 2.71 bits per heavy atom. The molecule has 1 atom stereocenters. The van der Waals surface area contributed by atoms with Gasteiger partial charge in [-0.2, -0.15) is 0 Å². The van der Waals surface area contributed by atoms with Crippen LogP contribution in [0.5, 0.6) is 0 Å². The molecule has 1 aliphatic carbocycles. The molecule has 0 aliphatic heterocycles. The fourth-order valence-electron chi connectivity index (χ4n) is 1.62. The molecule has 1 saturated carbocycles. The summed E-state index contributed by atoms with van der Waals surface area (Å²) in [6.07, 6.45) is 2.56. The number of hydrogen-bond acceptors (Lipinski definition) is 3. The van der Waals surface area contributed by atoms with Gasteiger partial charge in [0.2, 0.25) is 5.96 Å². The van der Waals surface area contributed by atoms with Crippen molar-refractivity contribution >= 4 is 5.96 Å². The van der Waals surface area contributed by atoms with E-state index in [0.29, 0.717) is 18.6 Å². The molecule has 0 heterocycles. The van der Waals surface area contributed by atoms with Gasteiger partial charge in [0.25, 0.3) is 0 Å². The molecule has 82 valence electrons. The summed E-state index contributed by atoms with van der Waals surface area (Å²) in [6, 6.07) is 0.414. The fourth-order valence-corrected chi connectivity index (χ4v) is 1.62. The SMILES string of the molecule is COCCN(C(N)=NN)C(C)C1CC1. The van der Waals surface area contributed by atoms with E-state index in [1.807, 2.05) is 4.90 Å². The Hall–Kier alpha value is -0.970. The molecule has 0 aromatic heterocycles. The highest BCUT2D eigenvalue weighted by molar-refractivity contribution is 5.78. The largest absolute Gasteiger partial charge is 0.383 e. The molecule has 0 bridgehead atoms. The highest BCUT2D eigenvalue weighted by atomic mass is 16.5. The third-order valence-electron chi connectivity index (χ3n) is 2.76. The normalized spacial score (nSPS) is 19.4. The molecule has 0 aromatic carbocycles. The maximum absolute atomic E-state index is 5.72. The molecule has 1 rings (SSSR count). The van der Waals surface area contributed by atoms with Crippen molar-refractivity contribution < 1.29 is 4.74 Å².